The number of hydrogen-bond donors (Lipinski definition) is 1. The number of carbonyl (C=O) groups excluding carboxylic acids is 1. The second kappa shape index (κ2) is 6.62. The van der Waals surface area contributed by atoms with E-state index in [1.807, 2.05) is 38.1 Å². The Morgan fingerprint density at radius 1 is 1.50 bits per heavy atom. The summed E-state index contributed by atoms with van der Waals surface area (Å²) in [5.74, 6) is 0.574. The Balaban J connectivity index is 1.92. The SMILES string of the molecule is [C-]#[N+]c1ccc2nc(NC(=O)CC(C)N(C)C)n(C3CCC3)c2c1. The minimum atomic E-state index is -0.0301. The fraction of sp³-hybridized carbons (Fsp3) is 0.500. The molecule has 3 rings (SSSR count). The van der Waals surface area contributed by atoms with E-state index in [1.54, 1.807) is 6.07 Å². The molecule has 6 heteroatoms. The van der Waals surface area contributed by atoms with Crippen LogP contribution in [0.4, 0.5) is 11.6 Å². The molecule has 2 aromatic rings. The molecule has 1 aromatic heterocycles. The second-order valence-electron chi connectivity index (χ2n) is 6.74. The van der Waals surface area contributed by atoms with Gasteiger partial charge in [-0.3, -0.25) is 10.1 Å². The van der Waals surface area contributed by atoms with E-state index in [-0.39, 0.29) is 11.9 Å². The number of nitrogens with one attached hydrogen (secondary N) is 1. The normalized spacial score (nSPS) is 16.0. The predicted octanol–water partition coefficient (Wildman–Crippen LogP) is 3.59. The van der Waals surface area contributed by atoms with Crippen LogP contribution in [0, 0.1) is 6.57 Å². The summed E-state index contributed by atoms with van der Waals surface area (Å²) in [6.07, 6.45) is 3.79. The van der Waals surface area contributed by atoms with Crippen molar-refractivity contribution in [3.05, 3.63) is 29.6 Å². The van der Waals surface area contributed by atoms with Gasteiger partial charge in [0.25, 0.3) is 0 Å². The average Bonchev–Trinajstić information content (AvgIpc) is 2.82. The lowest BCUT2D eigenvalue weighted by atomic mass is 9.93. The van der Waals surface area contributed by atoms with E-state index in [0.717, 1.165) is 23.9 Å². The molecule has 1 fully saturated rings. The van der Waals surface area contributed by atoms with Crippen molar-refractivity contribution in [3.8, 4) is 0 Å². The molecule has 126 valence electrons. The van der Waals surface area contributed by atoms with E-state index in [9.17, 15) is 4.79 Å². The third-order valence-corrected chi connectivity index (χ3v) is 4.86. The summed E-state index contributed by atoms with van der Waals surface area (Å²) in [5.41, 5.74) is 2.36. The van der Waals surface area contributed by atoms with Crippen molar-refractivity contribution in [1.82, 2.24) is 14.5 Å². The van der Waals surface area contributed by atoms with Gasteiger partial charge in [0.1, 0.15) is 0 Å². The van der Waals surface area contributed by atoms with Crippen LogP contribution in [0.25, 0.3) is 15.9 Å². The van der Waals surface area contributed by atoms with Gasteiger partial charge in [0.15, 0.2) is 5.69 Å². The van der Waals surface area contributed by atoms with Crippen LogP contribution in [-0.4, -0.2) is 40.5 Å². The van der Waals surface area contributed by atoms with Gasteiger partial charge in [-0.15, -0.1) is 0 Å². The maximum atomic E-state index is 12.4. The van der Waals surface area contributed by atoms with Gasteiger partial charge in [-0.2, -0.15) is 0 Å². The van der Waals surface area contributed by atoms with Gasteiger partial charge in [-0.05, 0) is 52.4 Å². The van der Waals surface area contributed by atoms with E-state index in [2.05, 4.69) is 19.7 Å². The van der Waals surface area contributed by atoms with E-state index in [0.29, 0.717) is 24.1 Å². The predicted molar refractivity (Wildman–Crippen MR) is 95.3 cm³/mol. The fourth-order valence-corrected chi connectivity index (χ4v) is 2.88. The van der Waals surface area contributed by atoms with E-state index in [1.165, 1.54) is 6.42 Å². The average molecular weight is 325 g/mol. The van der Waals surface area contributed by atoms with Crippen LogP contribution in [0.3, 0.4) is 0 Å². The summed E-state index contributed by atoms with van der Waals surface area (Å²) in [7, 11) is 3.93. The molecule has 1 unspecified atom stereocenters. The summed E-state index contributed by atoms with van der Waals surface area (Å²) in [4.78, 5) is 22.5. The standard InChI is InChI=1S/C18H23N5O/c1-12(22(3)4)10-17(24)21-18-20-15-9-8-13(19-2)11-16(15)23(18)14-6-5-7-14/h8-9,11-12,14H,5-7,10H2,1,3-4H3,(H,20,21,24). The molecular weight excluding hydrogens is 302 g/mol. The molecule has 1 aromatic carbocycles. The molecule has 0 spiro atoms. The molecule has 1 atom stereocenters. The van der Waals surface area contributed by atoms with E-state index >= 15 is 0 Å². The van der Waals surface area contributed by atoms with Crippen molar-refractivity contribution in [2.75, 3.05) is 19.4 Å². The molecule has 1 N–H and O–H groups in total. The van der Waals surface area contributed by atoms with Crippen LogP contribution in [0.1, 0.15) is 38.6 Å². The maximum absolute atomic E-state index is 12.4. The third kappa shape index (κ3) is 3.13. The van der Waals surface area contributed by atoms with Crippen molar-refractivity contribution in [1.29, 1.82) is 0 Å². The third-order valence-electron chi connectivity index (χ3n) is 4.86. The molecule has 6 nitrogen and oxygen atoms in total. The van der Waals surface area contributed by atoms with Gasteiger partial charge < -0.3 is 9.47 Å². The second-order valence-corrected chi connectivity index (χ2v) is 6.74. The van der Waals surface area contributed by atoms with Crippen LogP contribution in [0.5, 0.6) is 0 Å². The number of nitrogens with zero attached hydrogens (tertiary/aromatic N) is 4. The van der Waals surface area contributed by atoms with Crippen molar-refractivity contribution in [3.63, 3.8) is 0 Å². The zero-order valence-electron chi connectivity index (χ0n) is 14.4. The monoisotopic (exact) mass is 325 g/mol. The zero-order valence-corrected chi connectivity index (χ0v) is 14.4. The van der Waals surface area contributed by atoms with Crippen molar-refractivity contribution < 1.29 is 4.79 Å². The molecule has 0 saturated heterocycles. The number of anilines is 1. The highest BCUT2D eigenvalue weighted by molar-refractivity contribution is 5.92. The number of fused-ring (bicyclic) bond motifs is 1. The molecule has 24 heavy (non-hydrogen) atoms. The number of benzene rings is 1. The number of aromatic nitrogens is 2. The minimum Gasteiger partial charge on any atom is -0.308 e. The molecule has 1 heterocycles. The van der Waals surface area contributed by atoms with Crippen LogP contribution >= 0.6 is 0 Å². The summed E-state index contributed by atoms with van der Waals surface area (Å²) >= 11 is 0. The highest BCUT2D eigenvalue weighted by Crippen LogP contribution is 2.38. The number of carbonyl (C=O) groups is 1. The Hall–Kier alpha value is -2.39. The van der Waals surface area contributed by atoms with Crippen molar-refractivity contribution in [2.45, 2.75) is 44.7 Å². The molecule has 1 aliphatic rings. The molecule has 0 bridgehead atoms. The van der Waals surface area contributed by atoms with Crippen LogP contribution < -0.4 is 5.32 Å². The van der Waals surface area contributed by atoms with E-state index in [4.69, 9.17) is 6.57 Å². The first-order chi connectivity index (χ1) is 11.5. The van der Waals surface area contributed by atoms with Gasteiger partial charge in [0, 0.05) is 18.5 Å². The topological polar surface area (TPSA) is 54.5 Å². The van der Waals surface area contributed by atoms with Gasteiger partial charge in [0.2, 0.25) is 11.9 Å². The molecule has 0 radical (unpaired) electrons. The van der Waals surface area contributed by atoms with E-state index < -0.39 is 0 Å². The van der Waals surface area contributed by atoms with Gasteiger partial charge in [-0.1, -0.05) is 6.07 Å². The molecular formula is C18H23N5O. The lowest BCUT2D eigenvalue weighted by Crippen LogP contribution is -2.30. The number of hydrogen-bond acceptors (Lipinski definition) is 3. The largest absolute Gasteiger partial charge is 0.308 e. The minimum absolute atomic E-state index is 0.0301. The first-order valence-electron chi connectivity index (χ1n) is 8.35. The quantitative estimate of drug-likeness (QED) is 0.855. The summed E-state index contributed by atoms with van der Waals surface area (Å²) in [6.45, 7) is 9.24. The first-order valence-corrected chi connectivity index (χ1v) is 8.35. The number of rotatable bonds is 5. The highest BCUT2D eigenvalue weighted by atomic mass is 16.1. The summed E-state index contributed by atoms with van der Waals surface area (Å²) in [5, 5.41) is 2.98. The van der Waals surface area contributed by atoms with Crippen LogP contribution in [0.15, 0.2) is 18.2 Å². The van der Waals surface area contributed by atoms with Crippen molar-refractivity contribution in [2.24, 2.45) is 0 Å². The molecule has 1 amide bonds. The Morgan fingerprint density at radius 2 is 2.25 bits per heavy atom. The molecule has 1 aliphatic carbocycles. The van der Waals surface area contributed by atoms with Crippen LogP contribution in [-0.2, 0) is 4.79 Å². The Bertz CT molecular complexity index is 798. The highest BCUT2D eigenvalue weighted by Gasteiger charge is 2.26. The Morgan fingerprint density at radius 3 is 2.83 bits per heavy atom. The molecule has 0 aliphatic heterocycles. The lowest BCUT2D eigenvalue weighted by molar-refractivity contribution is -0.117. The summed E-state index contributed by atoms with van der Waals surface area (Å²) in [6, 6.07) is 6.02. The Labute approximate surface area is 142 Å². The fourth-order valence-electron chi connectivity index (χ4n) is 2.88. The maximum Gasteiger partial charge on any atom is 0.228 e. The van der Waals surface area contributed by atoms with Crippen LogP contribution in [0.2, 0.25) is 0 Å². The van der Waals surface area contributed by atoms with Gasteiger partial charge >= 0.3 is 0 Å². The lowest BCUT2D eigenvalue weighted by Gasteiger charge is -2.29. The Kier molecular flexibility index (Phi) is 4.54. The zero-order chi connectivity index (χ0) is 17.3. The van der Waals surface area contributed by atoms with Gasteiger partial charge in [0.05, 0.1) is 17.6 Å². The molecule has 1 saturated carbocycles. The van der Waals surface area contributed by atoms with Gasteiger partial charge in [-0.25, -0.2) is 9.83 Å². The number of amides is 1. The smallest absolute Gasteiger partial charge is 0.228 e. The number of imidazole rings is 1. The first kappa shape index (κ1) is 16.5. The van der Waals surface area contributed by atoms with Crippen molar-refractivity contribution >= 4 is 28.6 Å². The summed E-state index contributed by atoms with van der Waals surface area (Å²) < 4.78 is 2.10.